The summed E-state index contributed by atoms with van der Waals surface area (Å²) in [6.07, 6.45) is 10.5. The van der Waals surface area contributed by atoms with Gasteiger partial charge in [0.25, 0.3) is 5.91 Å². The number of carbonyl (C=O) groups excluding carboxylic acids is 2. The molecule has 29 heavy (non-hydrogen) atoms. The first-order chi connectivity index (χ1) is 14.0. The molecule has 0 saturated carbocycles. The van der Waals surface area contributed by atoms with E-state index >= 15 is 0 Å². The van der Waals surface area contributed by atoms with Crippen LogP contribution in [0.25, 0.3) is 0 Å². The summed E-state index contributed by atoms with van der Waals surface area (Å²) in [4.78, 5) is 34.0. The second-order valence-corrected chi connectivity index (χ2v) is 7.76. The van der Waals surface area contributed by atoms with E-state index in [1.54, 1.807) is 0 Å². The molecule has 0 aliphatic carbocycles. The quantitative estimate of drug-likeness (QED) is 0.318. The lowest BCUT2D eigenvalue weighted by Crippen LogP contribution is -2.39. The second kappa shape index (κ2) is 12.5. The Labute approximate surface area is 172 Å². The van der Waals surface area contributed by atoms with Crippen LogP contribution in [0.2, 0.25) is 0 Å². The van der Waals surface area contributed by atoms with Gasteiger partial charge in [0.15, 0.2) is 6.61 Å². The number of aliphatic carboxylic acids is 1. The topological polar surface area (TPSA) is 114 Å². The monoisotopic (exact) mass is 410 g/mol. The van der Waals surface area contributed by atoms with Crippen molar-refractivity contribution in [2.45, 2.75) is 70.5 Å². The maximum absolute atomic E-state index is 12.0. The van der Waals surface area contributed by atoms with E-state index in [9.17, 15) is 14.4 Å². The SMILES string of the molecule is CCCCNC(=O)OCC(=O)NC[C@@H]1[C@H](/C=C\CCCCC(=O)O)[C@@H]2CC[C@H]1O2. The van der Waals surface area contributed by atoms with Crippen LogP contribution in [0, 0.1) is 11.8 Å². The van der Waals surface area contributed by atoms with Gasteiger partial charge in [0.2, 0.25) is 0 Å². The summed E-state index contributed by atoms with van der Waals surface area (Å²) >= 11 is 0. The van der Waals surface area contributed by atoms with Crippen molar-refractivity contribution in [1.29, 1.82) is 0 Å². The molecular formula is C21H34N2O6. The smallest absolute Gasteiger partial charge is 0.407 e. The first-order valence-corrected chi connectivity index (χ1v) is 10.7. The highest BCUT2D eigenvalue weighted by Gasteiger charge is 2.47. The van der Waals surface area contributed by atoms with Gasteiger partial charge in [-0.1, -0.05) is 25.5 Å². The Kier molecular flexibility index (Phi) is 9.97. The van der Waals surface area contributed by atoms with Crippen LogP contribution < -0.4 is 10.6 Å². The summed E-state index contributed by atoms with van der Waals surface area (Å²) < 4.78 is 10.9. The van der Waals surface area contributed by atoms with Gasteiger partial charge in [0.1, 0.15) is 0 Å². The Hall–Kier alpha value is -2.09. The summed E-state index contributed by atoms with van der Waals surface area (Å²) in [5.41, 5.74) is 0. The number of hydrogen-bond donors (Lipinski definition) is 3. The van der Waals surface area contributed by atoms with Gasteiger partial charge in [-0.25, -0.2) is 4.79 Å². The van der Waals surface area contributed by atoms with Crippen LogP contribution in [0.15, 0.2) is 12.2 Å². The molecular weight excluding hydrogens is 376 g/mol. The fourth-order valence-corrected chi connectivity index (χ4v) is 3.97. The molecule has 4 atom stereocenters. The Bertz CT molecular complexity index is 580. The van der Waals surface area contributed by atoms with Gasteiger partial charge >= 0.3 is 12.1 Å². The van der Waals surface area contributed by atoms with Gasteiger partial charge in [-0.2, -0.15) is 0 Å². The lowest BCUT2D eigenvalue weighted by molar-refractivity contribution is -0.137. The van der Waals surface area contributed by atoms with Crippen LogP contribution in [-0.2, 0) is 19.1 Å². The van der Waals surface area contributed by atoms with Crippen LogP contribution in [-0.4, -0.2) is 55.0 Å². The predicted molar refractivity (Wildman–Crippen MR) is 107 cm³/mol. The Balaban J connectivity index is 1.68. The van der Waals surface area contributed by atoms with Crippen molar-refractivity contribution in [2.24, 2.45) is 11.8 Å². The van der Waals surface area contributed by atoms with Crippen molar-refractivity contribution in [3.8, 4) is 0 Å². The summed E-state index contributed by atoms with van der Waals surface area (Å²) in [5.74, 6) is -0.596. The molecule has 0 aromatic carbocycles. The zero-order valence-electron chi connectivity index (χ0n) is 17.2. The van der Waals surface area contributed by atoms with Crippen LogP contribution in [0.4, 0.5) is 4.79 Å². The summed E-state index contributed by atoms with van der Waals surface area (Å²) in [6.45, 7) is 2.78. The van der Waals surface area contributed by atoms with Crippen molar-refractivity contribution in [2.75, 3.05) is 19.7 Å². The third-order valence-electron chi connectivity index (χ3n) is 5.53. The minimum atomic E-state index is -0.756. The number of ether oxygens (including phenoxy) is 2. The highest BCUT2D eigenvalue weighted by atomic mass is 16.6. The molecule has 2 amide bonds. The van der Waals surface area contributed by atoms with E-state index in [0.29, 0.717) is 19.5 Å². The molecule has 164 valence electrons. The molecule has 2 fully saturated rings. The number of carbonyl (C=O) groups is 3. The molecule has 2 bridgehead atoms. The minimum Gasteiger partial charge on any atom is -0.481 e. The van der Waals surface area contributed by atoms with Gasteiger partial charge < -0.3 is 25.2 Å². The van der Waals surface area contributed by atoms with Gasteiger partial charge in [-0.3, -0.25) is 9.59 Å². The molecule has 2 aliphatic rings. The number of alkyl carbamates (subject to hydrolysis) is 1. The maximum atomic E-state index is 12.0. The Morgan fingerprint density at radius 3 is 2.69 bits per heavy atom. The summed E-state index contributed by atoms with van der Waals surface area (Å²) in [5, 5.41) is 14.1. The third-order valence-corrected chi connectivity index (χ3v) is 5.53. The standard InChI is InChI=1S/C21H34N2O6/c1-2-3-12-22-21(27)28-14-19(24)23-13-16-15(17-10-11-18(16)29-17)8-6-4-5-7-9-20(25)26/h6,8,15-18H,2-5,7,9-14H2,1H3,(H,22,27)(H,23,24)(H,25,26)/b8-6-/t15-,16+,17-,18+/m0/s1. The predicted octanol–water partition coefficient (Wildman–Crippen LogP) is 2.62. The van der Waals surface area contributed by atoms with E-state index in [1.807, 2.05) is 6.92 Å². The third kappa shape index (κ3) is 8.04. The molecule has 2 rings (SSSR count). The van der Waals surface area contributed by atoms with Crippen LogP contribution in [0.1, 0.15) is 58.3 Å². The average Bonchev–Trinajstić information content (AvgIpc) is 3.29. The van der Waals surface area contributed by atoms with E-state index in [4.69, 9.17) is 14.6 Å². The first kappa shape index (κ1) is 23.2. The molecule has 2 heterocycles. The average molecular weight is 411 g/mol. The number of carboxylic acids is 1. The zero-order chi connectivity index (χ0) is 21.1. The number of fused-ring (bicyclic) bond motifs is 2. The highest BCUT2D eigenvalue weighted by molar-refractivity contribution is 5.80. The van der Waals surface area contributed by atoms with Gasteiger partial charge in [0, 0.05) is 31.3 Å². The number of unbranched alkanes of at least 4 members (excludes halogenated alkanes) is 3. The minimum absolute atomic E-state index is 0.153. The Morgan fingerprint density at radius 2 is 1.93 bits per heavy atom. The van der Waals surface area contributed by atoms with Crippen LogP contribution in [0.3, 0.4) is 0 Å². The fraction of sp³-hybridized carbons (Fsp3) is 0.762. The largest absolute Gasteiger partial charge is 0.481 e. The second-order valence-electron chi connectivity index (χ2n) is 7.76. The van der Waals surface area contributed by atoms with E-state index in [0.717, 1.165) is 38.5 Å². The fourth-order valence-electron chi connectivity index (χ4n) is 3.97. The molecule has 8 heteroatoms. The molecule has 0 spiro atoms. The van der Waals surface area contributed by atoms with Crippen LogP contribution in [0.5, 0.6) is 0 Å². The van der Waals surface area contributed by atoms with E-state index in [1.165, 1.54) is 0 Å². The van der Waals surface area contributed by atoms with Crippen molar-refractivity contribution in [1.82, 2.24) is 10.6 Å². The molecule has 0 aromatic rings. The van der Waals surface area contributed by atoms with Crippen molar-refractivity contribution in [3.05, 3.63) is 12.2 Å². The van der Waals surface area contributed by atoms with Gasteiger partial charge in [-0.15, -0.1) is 0 Å². The number of amides is 2. The highest BCUT2D eigenvalue weighted by Crippen LogP contribution is 2.43. The number of allylic oxidation sites excluding steroid dienone is 1. The molecule has 3 N–H and O–H groups in total. The lowest BCUT2D eigenvalue weighted by atomic mass is 9.79. The molecule has 0 unspecified atom stereocenters. The van der Waals surface area contributed by atoms with E-state index in [-0.39, 0.29) is 43.0 Å². The van der Waals surface area contributed by atoms with Crippen molar-refractivity contribution in [3.63, 3.8) is 0 Å². The molecule has 2 saturated heterocycles. The molecule has 0 aromatic heterocycles. The van der Waals surface area contributed by atoms with E-state index < -0.39 is 12.1 Å². The molecule has 2 aliphatic heterocycles. The van der Waals surface area contributed by atoms with E-state index in [2.05, 4.69) is 22.8 Å². The Morgan fingerprint density at radius 1 is 1.14 bits per heavy atom. The number of nitrogens with one attached hydrogen (secondary N) is 2. The lowest BCUT2D eigenvalue weighted by Gasteiger charge is -2.26. The zero-order valence-corrected chi connectivity index (χ0v) is 17.2. The summed E-state index contributed by atoms with van der Waals surface area (Å²) in [7, 11) is 0. The molecule has 8 nitrogen and oxygen atoms in total. The number of rotatable bonds is 13. The van der Waals surface area contributed by atoms with Crippen molar-refractivity contribution < 1.29 is 29.0 Å². The summed E-state index contributed by atoms with van der Waals surface area (Å²) in [6, 6.07) is 0. The molecule has 0 radical (unpaired) electrons. The normalized spacial score (nSPS) is 25.3. The number of carboxylic acid groups (broad SMARTS) is 1. The van der Waals surface area contributed by atoms with Crippen molar-refractivity contribution >= 4 is 18.0 Å². The number of hydrogen-bond acceptors (Lipinski definition) is 5. The van der Waals surface area contributed by atoms with Crippen LogP contribution >= 0.6 is 0 Å². The maximum Gasteiger partial charge on any atom is 0.407 e. The first-order valence-electron chi connectivity index (χ1n) is 10.7. The van der Waals surface area contributed by atoms with Gasteiger partial charge in [0.05, 0.1) is 12.2 Å². The van der Waals surface area contributed by atoms with Gasteiger partial charge in [-0.05, 0) is 38.5 Å².